The molecule has 0 saturated carbocycles. The van der Waals surface area contributed by atoms with Gasteiger partial charge in [0.05, 0.1) is 18.2 Å². The van der Waals surface area contributed by atoms with Crippen LogP contribution in [0.15, 0.2) is 24.3 Å². The lowest BCUT2D eigenvalue weighted by Crippen LogP contribution is -2.13. The van der Waals surface area contributed by atoms with Gasteiger partial charge in [0.25, 0.3) is 0 Å². The van der Waals surface area contributed by atoms with Crippen molar-refractivity contribution in [2.24, 2.45) is 7.05 Å². The van der Waals surface area contributed by atoms with Gasteiger partial charge in [0.15, 0.2) is 18.1 Å². The molecule has 0 amide bonds. The Hall–Kier alpha value is -2.74. The third-order valence-corrected chi connectivity index (χ3v) is 3.81. The fourth-order valence-corrected chi connectivity index (χ4v) is 2.32. The normalized spacial score (nSPS) is 10.2. The van der Waals surface area contributed by atoms with E-state index in [2.05, 4.69) is 6.07 Å². The lowest BCUT2D eigenvalue weighted by atomic mass is 10.1. The van der Waals surface area contributed by atoms with E-state index >= 15 is 0 Å². The van der Waals surface area contributed by atoms with Crippen molar-refractivity contribution < 1.29 is 14.3 Å². The number of hydrogen-bond acceptors (Lipinski definition) is 4. The highest BCUT2D eigenvalue weighted by Crippen LogP contribution is 2.28. The predicted molar refractivity (Wildman–Crippen MR) is 87.0 cm³/mol. The van der Waals surface area contributed by atoms with Crippen LogP contribution in [0.25, 0.3) is 0 Å². The number of ketones is 1. The molecule has 2 aromatic rings. The van der Waals surface area contributed by atoms with Crippen molar-refractivity contribution in [2.45, 2.75) is 20.8 Å². The van der Waals surface area contributed by atoms with Gasteiger partial charge in [0, 0.05) is 30.1 Å². The lowest BCUT2D eigenvalue weighted by molar-refractivity contribution is 0.0918. The molecule has 1 heterocycles. The third-order valence-electron chi connectivity index (χ3n) is 3.81. The van der Waals surface area contributed by atoms with Crippen LogP contribution in [-0.2, 0) is 7.05 Å². The molecule has 0 aliphatic heterocycles. The largest absolute Gasteiger partial charge is 0.490 e. The quantitative estimate of drug-likeness (QED) is 0.769. The number of carbonyl (C=O) groups is 1. The number of rotatable bonds is 6. The van der Waals surface area contributed by atoms with Gasteiger partial charge in [-0.05, 0) is 39.0 Å². The molecule has 23 heavy (non-hydrogen) atoms. The maximum atomic E-state index is 12.4. The monoisotopic (exact) mass is 312 g/mol. The zero-order valence-corrected chi connectivity index (χ0v) is 13.8. The average Bonchev–Trinajstić information content (AvgIpc) is 2.81. The fraction of sp³-hybridized carbons (Fsp3) is 0.333. The van der Waals surface area contributed by atoms with E-state index < -0.39 is 0 Å². The van der Waals surface area contributed by atoms with Gasteiger partial charge in [-0.25, -0.2) is 0 Å². The Kier molecular flexibility index (Phi) is 5.07. The number of hydrogen-bond donors (Lipinski definition) is 0. The van der Waals surface area contributed by atoms with Crippen LogP contribution >= 0.6 is 0 Å². The summed E-state index contributed by atoms with van der Waals surface area (Å²) in [7, 11) is 1.93. The summed E-state index contributed by atoms with van der Waals surface area (Å²) in [5.74, 6) is 0.850. The molecule has 0 unspecified atom stereocenters. The SMILES string of the molecule is CCOc1cc(C#N)ccc1OCC(=O)c1cc(C)n(C)c1C. The fourth-order valence-electron chi connectivity index (χ4n) is 2.32. The van der Waals surface area contributed by atoms with Crippen LogP contribution in [0.3, 0.4) is 0 Å². The molecule has 5 heteroatoms. The van der Waals surface area contributed by atoms with Crippen molar-refractivity contribution in [1.29, 1.82) is 5.26 Å². The number of benzene rings is 1. The van der Waals surface area contributed by atoms with Crippen molar-refractivity contribution in [1.82, 2.24) is 4.57 Å². The lowest BCUT2D eigenvalue weighted by Gasteiger charge is -2.11. The second kappa shape index (κ2) is 7.01. The molecule has 0 atom stereocenters. The standard InChI is InChI=1S/C18H20N2O3/c1-5-22-18-9-14(10-19)6-7-17(18)23-11-16(21)15-8-12(2)20(4)13(15)3/h6-9H,5,11H2,1-4H3. The summed E-state index contributed by atoms with van der Waals surface area (Å²) in [5.41, 5.74) is 3.10. The topological polar surface area (TPSA) is 64.2 Å². The van der Waals surface area contributed by atoms with Crippen molar-refractivity contribution in [2.75, 3.05) is 13.2 Å². The van der Waals surface area contributed by atoms with Crippen LogP contribution in [0.2, 0.25) is 0 Å². The minimum atomic E-state index is -0.0852. The van der Waals surface area contributed by atoms with Crippen LogP contribution in [0.5, 0.6) is 11.5 Å². The van der Waals surface area contributed by atoms with Crippen molar-refractivity contribution in [3.63, 3.8) is 0 Å². The first-order valence-corrected chi connectivity index (χ1v) is 7.43. The van der Waals surface area contributed by atoms with Gasteiger partial charge in [-0.1, -0.05) is 0 Å². The summed E-state index contributed by atoms with van der Waals surface area (Å²) in [4.78, 5) is 12.4. The van der Waals surface area contributed by atoms with Crippen molar-refractivity contribution in [3.8, 4) is 17.6 Å². The molecule has 1 aromatic carbocycles. The zero-order valence-electron chi connectivity index (χ0n) is 13.8. The highest BCUT2D eigenvalue weighted by atomic mass is 16.5. The van der Waals surface area contributed by atoms with E-state index in [-0.39, 0.29) is 12.4 Å². The van der Waals surface area contributed by atoms with E-state index in [1.54, 1.807) is 18.2 Å². The number of nitriles is 1. The molecule has 0 aliphatic rings. The summed E-state index contributed by atoms with van der Waals surface area (Å²) in [6.45, 7) is 6.10. The highest BCUT2D eigenvalue weighted by molar-refractivity contribution is 5.98. The molecule has 2 rings (SSSR count). The Morgan fingerprint density at radius 3 is 2.52 bits per heavy atom. The molecule has 0 fully saturated rings. The van der Waals surface area contributed by atoms with E-state index in [0.717, 1.165) is 11.4 Å². The van der Waals surface area contributed by atoms with E-state index in [4.69, 9.17) is 14.7 Å². The van der Waals surface area contributed by atoms with E-state index in [1.807, 2.05) is 38.5 Å². The molecule has 0 aliphatic carbocycles. The molecule has 0 bridgehead atoms. The Balaban J connectivity index is 2.15. The van der Waals surface area contributed by atoms with Crippen LogP contribution in [0, 0.1) is 25.2 Å². The molecule has 1 aromatic heterocycles. The summed E-state index contributed by atoms with van der Waals surface area (Å²) >= 11 is 0. The maximum absolute atomic E-state index is 12.4. The predicted octanol–water partition coefficient (Wildman–Crippen LogP) is 3.17. The minimum Gasteiger partial charge on any atom is -0.490 e. The van der Waals surface area contributed by atoms with E-state index in [9.17, 15) is 4.79 Å². The van der Waals surface area contributed by atoms with Crippen LogP contribution < -0.4 is 9.47 Å². The zero-order chi connectivity index (χ0) is 17.0. The van der Waals surface area contributed by atoms with Crippen molar-refractivity contribution >= 4 is 5.78 Å². The molecule has 0 saturated heterocycles. The number of carbonyl (C=O) groups excluding carboxylic acids is 1. The Morgan fingerprint density at radius 1 is 1.22 bits per heavy atom. The second-order valence-corrected chi connectivity index (χ2v) is 5.26. The highest BCUT2D eigenvalue weighted by Gasteiger charge is 2.16. The average molecular weight is 312 g/mol. The van der Waals surface area contributed by atoms with Gasteiger partial charge < -0.3 is 14.0 Å². The van der Waals surface area contributed by atoms with Gasteiger partial charge in [0.2, 0.25) is 5.78 Å². The minimum absolute atomic E-state index is 0.0731. The number of Topliss-reactive ketones (excluding diaryl/α,β-unsaturated/α-hetero) is 1. The third kappa shape index (κ3) is 3.54. The summed E-state index contributed by atoms with van der Waals surface area (Å²) in [6.07, 6.45) is 0. The molecule has 0 spiro atoms. The van der Waals surface area contributed by atoms with E-state index in [0.29, 0.717) is 29.2 Å². The first-order chi connectivity index (χ1) is 11.0. The summed E-state index contributed by atoms with van der Waals surface area (Å²) < 4.78 is 13.1. The Morgan fingerprint density at radius 2 is 1.96 bits per heavy atom. The van der Waals surface area contributed by atoms with Gasteiger partial charge in [-0.2, -0.15) is 5.26 Å². The first kappa shape index (κ1) is 16.6. The molecule has 120 valence electrons. The number of nitrogens with zero attached hydrogens (tertiary/aromatic N) is 2. The molecule has 0 radical (unpaired) electrons. The molecular formula is C18H20N2O3. The van der Waals surface area contributed by atoms with Gasteiger partial charge in [-0.15, -0.1) is 0 Å². The van der Waals surface area contributed by atoms with Crippen LogP contribution in [-0.4, -0.2) is 23.6 Å². The number of aromatic nitrogens is 1. The van der Waals surface area contributed by atoms with Crippen LogP contribution in [0.4, 0.5) is 0 Å². The molecular weight excluding hydrogens is 292 g/mol. The van der Waals surface area contributed by atoms with Crippen molar-refractivity contribution in [3.05, 3.63) is 46.8 Å². The van der Waals surface area contributed by atoms with Gasteiger partial charge in [0.1, 0.15) is 0 Å². The van der Waals surface area contributed by atoms with E-state index in [1.165, 1.54) is 0 Å². The van der Waals surface area contributed by atoms with Gasteiger partial charge >= 0.3 is 0 Å². The smallest absolute Gasteiger partial charge is 0.202 e. The Labute approximate surface area is 136 Å². The Bertz CT molecular complexity index is 769. The van der Waals surface area contributed by atoms with Gasteiger partial charge in [-0.3, -0.25) is 4.79 Å². The first-order valence-electron chi connectivity index (χ1n) is 7.43. The van der Waals surface area contributed by atoms with Crippen LogP contribution in [0.1, 0.15) is 34.2 Å². The molecule has 0 N–H and O–H groups in total. The summed E-state index contributed by atoms with van der Waals surface area (Å²) in [5, 5.41) is 8.94. The number of ether oxygens (including phenoxy) is 2. The second-order valence-electron chi connectivity index (χ2n) is 5.26. The summed E-state index contributed by atoms with van der Waals surface area (Å²) in [6, 6.07) is 8.82. The molecule has 5 nitrogen and oxygen atoms in total. The maximum Gasteiger partial charge on any atom is 0.202 e. The number of aryl methyl sites for hydroxylation is 1.